The zero-order valence-electron chi connectivity index (χ0n) is 9.88. The molecule has 0 bridgehead atoms. The first-order valence-electron chi connectivity index (χ1n) is 5.34. The lowest BCUT2D eigenvalue weighted by molar-refractivity contribution is 0.0603. The van der Waals surface area contributed by atoms with Crippen LogP contribution in [0.4, 0.5) is 5.69 Å². The number of hydrogen-bond donors (Lipinski definition) is 1. The smallest absolute Gasteiger partial charge is 0.348 e. The van der Waals surface area contributed by atoms with Gasteiger partial charge in [-0.15, -0.1) is 11.3 Å². The molecule has 0 aliphatic heterocycles. The molecule has 0 saturated carbocycles. The number of hydrogen-bond acceptors (Lipinski definition) is 5. The van der Waals surface area contributed by atoms with E-state index in [2.05, 4.69) is 0 Å². The van der Waals surface area contributed by atoms with Gasteiger partial charge in [-0.3, -0.25) is 0 Å². The molecule has 18 heavy (non-hydrogen) atoms. The largest absolute Gasteiger partial charge is 0.487 e. The SMILES string of the molecule is COC(=O)c1sccc1COc1ccccc1N. The lowest BCUT2D eigenvalue weighted by atomic mass is 10.2. The number of para-hydroxylation sites is 2. The van der Waals surface area contributed by atoms with Crippen molar-refractivity contribution in [3.63, 3.8) is 0 Å². The number of methoxy groups -OCH3 is 1. The number of ether oxygens (including phenoxy) is 2. The highest BCUT2D eigenvalue weighted by atomic mass is 32.1. The Bertz CT molecular complexity index is 551. The Labute approximate surface area is 109 Å². The van der Waals surface area contributed by atoms with Gasteiger partial charge in [0.25, 0.3) is 0 Å². The van der Waals surface area contributed by atoms with Crippen LogP contribution in [0.3, 0.4) is 0 Å². The Balaban J connectivity index is 2.09. The molecule has 1 aromatic heterocycles. The second-order valence-electron chi connectivity index (χ2n) is 3.59. The van der Waals surface area contributed by atoms with Gasteiger partial charge in [0.15, 0.2) is 0 Å². The van der Waals surface area contributed by atoms with E-state index in [-0.39, 0.29) is 5.97 Å². The van der Waals surface area contributed by atoms with Gasteiger partial charge in [0.1, 0.15) is 17.2 Å². The summed E-state index contributed by atoms with van der Waals surface area (Å²) in [5.74, 6) is 0.268. The second kappa shape index (κ2) is 5.55. The molecular weight excluding hydrogens is 250 g/mol. The highest BCUT2D eigenvalue weighted by molar-refractivity contribution is 7.12. The average Bonchev–Trinajstić information content (AvgIpc) is 2.85. The first-order valence-corrected chi connectivity index (χ1v) is 6.22. The Morgan fingerprint density at radius 3 is 2.83 bits per heavy atom. The van der Waals surface area contributed by atoms with Crippen LogP contribution in [0, 0.1) is 0 Å². The van der Waals surface area contributed by atoms with Gasteiger partial charge in [0, 0.05) is 5.56 Å². The highest BCUT2D eigenvalue weighted by Gasteiger charge is 2.14. The van der Waals surface area contributed by atoms with Crippen molar-refractivity contribution < 1.29 is 14.3 Å². The molecule has 5 heteroatoms. The Hall–Kier alpha value is -2.01. The van der Waals surface area contributed by atoms with Crippen molar-refractivity contribution in [3.8, 4) is 5.75 Å². The van der Waals surface area contributed by atoms with Crippen molar-refractivity contribution in [1.29, 1.82) is 0 Å². The van der Waals surface area contributed by atoms with E-state index in [9.17, 15) is 4.79 Å². The summed E-state index contributed by atoms with van der Waals surface area (Å²) in [6.45, 7) is 0.294. The molecule has 1 aromatic carbocycles. The monoisotopic (exact) mass is 263 g/mol. The van der Waals surface area contributed by atoms with E-state index in [0.717, 1.165) is 5.56 Å². The van der Waals surface area contributed by atoms with E-state index in [1.54, 1.807) is 12.1 Å². The van der Waals surface area contributed by atoms with E-state index in [1.807, 2.05) is 23.6 Å². The Kier molecular flexibility index (Phi) is 3.84. The number of nitrogen functional groups attached to an aromatic ring is 1. The maximum absolute atomic E-state index is 11.5. The van der Waals surface area contributed by atoms with Crippen molar-refractivity contribution in [2.45, 2.75) is 6.61 Å². The molecule has 0 unspecified atom stereocenters. The second-order valence-corrected chi connectivity index (χ2v) is 4.51. The molecule has 0 aliphatic rings. The van der Waals surface area contributed by atoms with Crippen LogP contribution in [0.2, 0.25) is 0 Å². The van der Waals surface area contributed by atoms with Gasteiger partial charge < -0.3 is 15.2 Å². The molecule has 0 saturated heterocycles. The summed E-state index contributed by atoms with van der Waals surface area (Å²) in [7, 11) is 1.36. The van der Waals surface area contributed by atoms with Crippen LogP contribution >= 0.6 is 11.3 Å². The Morgan fingerprint density at radius 1 is 1.33 bits per heavy atom. The third-order valence-corrected chi connectivity index (χ3v) is 3.36. The van der Waals surface area contributed by atoms with E-state index in [0.29, 0.717) is 22.9 Å². The van der Waals surface area contributed by atoms with Crippen LogP contribution in [0.1, 0.15) is 15.2 Å². The normalized spacial score (nSPS) is 10.1. The van der Waals surface area contributed by atoms with Gasteiger partial charge in [0.2, 0.25) is 0 Å². The van der Waals surface area contributed by atoms with Gasteiger partial charge in [-0.2, -0.15) is 0 Å². The molecule has 0 fully saturated rings. The van der Waals surface area contributed by atoms with Gasteiger partial charge >= 0.3 is 5.97 Å². The lowest BCUT2D eigenvalue weighted by Crippen LogP contribution is -2.05. The molecule has 0 radical (unpaired) electrons. The lowest BCUT2D eigenvalue weighted by Gasteiger charge is -2.08. The minimum absolute atomic E-state index is 0.294. The maximum atomic E-state index is 11.5. The van der Waals surface area contributed by atoms with Gasteiger partial charge in [-0.1, -0.05) is 12.1 Å². The first kappa shape index (κ1) is 12.4. The van der Waals surface area contributed by atoms with Gasteiger partial charge in [-0.05, 0) is 23.6 Å². The van der Waals surface area contributed by atoms with Crippen molar-refractivity contribution in [3.05, 3.63) is 46.2 Å². The van der Waals surface area contributed by atoms with Crippen LogP contribution in [-0.4, -0.2) is 13.1 Å². The van der Waals surface area contributed by atoms with Crippen molar-refractivity contribution in [2.75, 3.05) is 12.8 Å². The van der Waals surface area contributed by atoms with E-state index < -0.39 is 0 Å². The number of benzene rings is 1. The summed E-state index contributed by atoms with van der Waals surface area (Å²) in [4.78, 5) is 12.0. The number of carbonyl (C=O) groups excluding carboxylic acids is 1. The standard InChI is InChI=1S/C13H13NO3S/c1-16-13(15)12-9(6-7-18-12)8-17-11-5-3-2-4-10(11)14/h2-7H,8,14H2,1H3. The van der Waals surface area contributed by atoms with Crippen LogP contribution in [0.25, 0.3) is 0 Å². The molecule has 2 N–H and O–H groups in total. The predicted molar refractivity (Wildman–Crippen MR) is 70.8 cm³/mol. The summed E-state index contributed by atoms with van der Waals surface area (Å²) in [6.07, 6.45) is 0. The molecular formula is C13H13NO3S. The minimum atomic E-state index is -0.343. The van der Waals surface area contributed by atoms with Crippen molar-refractivity contribution in [1.82, 2.24) is 0 Å². The van der Waals surface area contributed by atoms with Crippen LogP contribution in [0.5, 0.6) is 5.75 Å². The quantitative estimate of drug-likeness (QED) is 0.680. The number of carbonyl (C=O) groups is 1. The van der Waals surface area contributed by atoms with Crippen LogP contribution in [0.15, 0.2) is 35.7 Å². The number of nitrogens with two attached hydrogens (primary N) is 1. The minimum Gasteiger partial charge on any atom is -0.487 e. The predicted octanol–water partition coefficient (Wildman–Crippen LogP) is 2.70. The molecule has 94 valence electrons. The fourth-order valence-corrected chi connectivity index (χ4v) is 2.31. The summed E-state index contributed by atoms with van der Waals surface area (Å²) in [5.41, 5.74) is 7.15. The summed E-state index contributed by atoms with van der Waals surface area (Å²) >= 11 is 1.34. The molecule has 2 rings (SSSR count). The molecule has 1 heterocycles. The number of rotatable bonds is 4. The van der Waals surface area contributed by atoms with Gasteiger partial charge in [0.05, 0.1) is 12.8 Å². The fraction of sp³-hybridized carbons (Fsp3) is 0.154. The number of esters is 1. The third-order valence-electron chi connectivity index (χ3n) is 2.42. The summed E-state index contributed by atoms with van der Waals surface area (Å²) in [6, 6.07) is 9.09. The maximum Gasteiger partial charge on any atom is 0.348 e. The fourth-order valence-electron chi connectivity index (χ4n) is 1.49. The number of thiophene rings is 1. The average molecular weight is 263 g/mol. The van der Waals surface area contributed by atoms with Crippen molar-refractivity contribution in [2.24, 2.45) is 0 Å². The molecule has 2 aromatic rings. The zero-order valence-corrected chi connectivity index (χ0v) is 10.7. The molecule has 0 atom stereocenters. The van der Waals surface area contributed by atoms with E-state index in [1.165, 1.54) is 18.4 Å². The summed E-state index contributed by atoms with van der Waals surface area (Å²) in [5, 5.41) is 1.83. The van der Waals surface area contributed by atoms with Crippen LogP contribution in [-0.2, 0) is 11.3 Å². The van der Waals surface area contributed by atoms with E-state index >= 15 is 0 Å². The third kappa shape index (κ3) is 2.62. The molecule has 4 nitrogen and oxygen atoms in total. The zero-order chi connectivity index (χ0) is 13.0. The molecule has 0 amide bonds. The Morgan fingerprint density at radius 2 is 2.11 bits per heavy atom. The van der Waals surface area contributed by atoms with Crippen molar-refractivity contribution >= 4 is 23.0 Å². The molecule has 0 aliphatic carbocycles. The van der Waals surface area contributed by atoms with Crippen LogP contribution < -0.4 is 10.5 Å². The van der Waals surface area contributed by atoms with E-state index in [4.69, 9.17) is 15.2 Å². The highest BCUT2D eigenvalue weighted by Crippen LogP contribution is 2.24. The topological polar surface area (TPSA) is 61.5 Å². The molecule has 0 spiro atoms. The summed E-state index contributed by atoms with van der Waals surface area (Å²) < 4.78 is 10.3. The first-order chi connectivity index (χ1) is 8.72. The number of anilines is 1. The van der Waals surface area contributed by atoms with Gasteiger partial charge in [-0.25, -0.2) is 4.79 Å².